The Hall–Kier alpha value is -0.0400. The summed E-state index contributed by atoms with van der Waals surface area (Å²) in [6.07, 6.45) is 7.07. The van der Waals surface area contributed by atoms with Crippen LogP contribution in [0.2, 0.25) is 0 Å². The van der Waals surface area contributed by atoms with Crippen LogP contribution in [0.15, 0.2) is 0 Å². The third-order valence-electron chi connectivity index (χ3n) is 3.38. The van der Waals surface area contributed by atoms with Gasteiger partial charge in [0, 0.05) is 6.61 Å². The molecule has 78 valence electrons. The van der Waals surface area contributed by atoms with Crippen LogP contribution in [0.5, 0.6) is 0 Å². The van der Waals surface area contributed by atoms with E-state index in [1.54, 1.807) is 0 Å². The van der Waals surface area contributed by atoms with Gasteiger partial charge in [0.25, 0.3) is 0 Å². The summed E-state index contributed by atoms with van der Waals surface area (Å²) in [4.78, 5) is 0. The van der Waals surface area contributed by atoms with E-state index in [0.29, 0.717) is 6.10 Å². The second-order valence-corrected chi connectivity index (χ2v) is 4.34. The Morgan fingerprint density at radius 1 is 1.15 bits per heavy atom. The first-order valence-electron chi connectivity index (χ1n) is 5.93. The highest BCUT2D eigenvalue weighted by molar-refractivity contribution is 4.77. The summed E-state index contributed by atoms with van der Waals surface area (Å²) in [5.74, 6) is 1.66. The van der Waals surface area contributed by atoms with Crippen molar-refractivity contribution in [2.24, 2.45) is 11.8 Å². The van der Waals surface area contributed by atoms with Gasteiger partial charge in [-0.25, -0.2) is 0 Å². The molecule has 1 fully saturated rings. The van der Waals surface area contributed by atoms with Crippen molar-refractivity contribution < 1.29 is 4.74 Å². The number of hydrogen-bond acceptors (Lipinski definition) is 1. The maximum absolute atomic E-state index is 5.93. The molecule has 0 aromatic rings. The zero-order valence-corrected chi connectivity index (χ0v) is 9.38. The molecule has 0 amide bonds. The topological polar surface area (TPSA) is 9.23 Å². The lowest BCUT2D eigenvalue weighted by Crippen LogP contribution is -2.34. The summed E-state index contributed by atoms with van der Waals surface area (Å²) < 4.78 is 5.93. The maximum atomic E-state index is 5.93. The highest BCUT2D eigenvalue weighted by Crippen LogP contribution is 2.31. The Kier molecular flexibility index (Phi) is 4.79. The summed E-state index contributed by atoms with van der Waals surface area (Å²) in [6, 6.07) is 0. The first-order valence-corrected chi connectivity index (χ1v) is 5.93. The van der Waals surface area contributed by atoms with Gasteiger partial charge in [0.15, 0.2) is 0 Å². The molecule has 0 aromatic heterocycles. The van der Waals surface area contributed by atoms with E-state index >= 15 is 0 Å². The van der Waals surface area contributed by atoms with Crippen LogP contribution in [0.4, 0.5) is 0 Å². The minimum Gasteiger partial charge on any atom is -0.378 e. The van der Waals surface area contributed by atoms with Crippen LogP contribution in [0.1, 0.15) is 52.9 Å². The zero-order valence-electron chi connectivity index (χ0n) is 9.38. The molecular weight excluding hydrogens is 160 g/mol. The van der Waals surface area contributed by atoms with E-state index in [-0.39, 0.29) is 0 Å². The van der Waals surface area contributed by atoms with Crippen LogP contribution in [0, 0.1) is 11.8 Å². The van der Waals surface area contributed by atoms with Crippen LogP contribution >= 0.6 is 0 Å². The van der Waals surface area contributed by atoms with Gasteiger partial charge in [0.2, 0.25) is 0 Å². The van der Waals surface area contributed by atoms with Gasteiger partial charge in [0.1, 0.15) is 0 Å². The molecular formula is C12H24O. The second kappa shape index (κ2) is 5.64. The molecule has 0 spiro atoms. The molecule has 1 heterocycles. The Morgan fingerprint density at radius 3 is 2.46 bits per heavy atom. The summed E-state index contributed by atoms with van der Waals surface area (Å²) in [5.41, 5.74) is 0. The largest absolute Gasteiger partial charge is 0.378 e. The summed E-state index contributed by atoms with van der Waals surface area (Å²) in [6.45, 7) is 7.84. The predicted molar refractivity (Wildman–Crippen MR) is 56.8 cm³/mol. The molecule has 0 radical (unpaired) electrons. The van der Waals surface area contributed by atoms with Crippen molar-refractivity contribution in [1.82, 2.24) is 0 Å². The highest BCUT2D eigenvalue weighted by atomic mass is 16.5. The summed E-state index contributed by atoms with van der Waals surface area (Å²) in [7, 11) is 0. The molecule has 1 saturated heterocycles. The third-order valence-corrected chi connectivity index (χ3v) is 3.38. The lowest BCUT2D eigenvalue weighted by molar-refractivity contribution is -0.0618. The minimum absolute atomic E-state index is 0.567. The van der Waals surface area contributed by atoms with Gasteiger partial charge in [-0.05, 0) is 24.7 Å². The number of rotatable bonds is 4. The molecule has 1 heteroatoms. The first kappa shape index (κ1) is 11.0. The van der Waals surface area contributed by atoms with Gasteiger partial charge in [-0.15, -0.1) is 0 Å². The van der Waals surface area contributed by atoms with Crippen molar-refractivity contribution in [2.75, 3.05) is 6.61 Å². The van der Waals surface area contributed by atoms with E-state index in [1.807, 2.05) is 0 Å². The Bertz CT molecular complexity index is 133. The molecule has 1 aliphatic rings. The highest BCUT2D eigenvalue weighted by Gasteiger charge is 2.28. The quantitative estimate of drug-likeness (QED) is 0.648. The lowest BCUT2D eigenvalue weighted by Gasteiger charge is -2.35. The standard InChI is InChI=1S/C12H24O/c1-4-7-12-11(6-3)8-10(5-2)9-13-12/h10-12H,4-9H2,1-3H3/t10?,11?,12-/m1/s1. The van der Waals surface area contributed by atoms with Crippen LogP contribution in [0.25, 0.3) is 0 Å². The molecule has 0 aromatic carbocycles. The van der Waals surface area contributed by atoms with Crippen molar-refractivity contribution in [3.05, 3.63) is 0 Å². The van der Waals surface area contributed by atoms with Gasteiger partial charge in [0.05, 0.1) is 6.10 Å². The molecule has 0 aliphatic carbocycles. The monoisotopic (exact) mass is 184 g/mol. The van der Waals surface area contributed by atoms with E-state index in [2.05, 4.69) is 20.8 Å². The lowest BCUT2D eigenvalue weighted by atomic mass is 9.83. The van der Waals surface area contributed by atoms with Crippen molar-refractivity contribution in [3.8, 4) is 0 Å². The molecule has 0 bridgehead atoms. The maximum Gasteiger partial charge on any atom is 0.0603 e. The predicted octanol–water partition coefficient (Wildman–Crippen LogP) is 3.63. The fourth-order valence-corrected chi connectivity index (χ4v) is 2.36. The van der Waals surface area contributed by atoms with Crippen LogP contribution < -0.4 is 0 Å². The normalized spacial score (nSPS) is 34.8. The summed E-state index contributed by atoms with van der Waals surface area (Å²) in [5, 5.41) is 0. The molecule has 1 rings (SSSR count). The van der Waals surface area contributed by atoms with Crippen molar-refractivity contribution in [2.45, 2.75) is 59.0 Å². The van der Waals surface area contributed by atoms with E-state index in [9.17, 15) is 0 Å². The van der Waals surface area contributed by atoms with Crippen molar-refractivity contribution >= 4 is 0 Å². The van der Waals surface area contributed by atoms with Gasteiger partial charge >= 0.3 is 0 Å². The van der Waals surface area contributed by atoms with Crippen LogP contribution in [0.3, 0.4) is 0 Å². The molecule has 1 aliphatic heterocycles. The molecule has 0 N–H and O–H groups in total. The Morgan fingerprint density at radius 2 is 1.92 bits per heavy atom. The van der Waals surface area contributed by atoms with Crippen molar-refractivity contribution in [3.63, 3.8) is 0 Å². The fourth-order valence-electron chi connectivity index (χ4n) is 2.36. The Balaban J connectivity index is 2.40. The Labute approximate surface area is 82.9 Å². The van der Waals surface area contributed by atoms with Gasteiger partial charge in [-0.2, -0.15) is 0 Å². The van der Waals surface area contributed by atoms with E-state index in [0.717, 1.165) is 18.4 Å². The fraction of sp³-hybridized carbons (Fsp3) is 1.00. The minimum atomic E-state index is 0.567. The average molecular weight is 184 g/mol. The van der Waals surface area contributed by atoms with E-state index < -0.39 is 0 Å². The third kappa shape index (κ3) is 2.98. The van der Waals surface area contributed by atoms with E-state index in [4.69, 9.17) is 4.74 Å². The SMILES string of the molecule is CCC[C@H]1OCC(CC)CC1CC. The van der Waals surface area contributed by atoms with Crippen LogP contribution in [-0.2, 0) is 4.74 Å². The number of hydrogen-bond donors (Lipinski definition) is 0. The molecule has 3 atom stereocenters. The second-order valence-electron chi connectivity index (χ2n) is 4.34. The summed E-state index contributed by atoms with van der Waals surface area (Å²) >= 11 is 0. The van der Waals surface area contributed by atoms with Crippen molar-refractivity contribution in [1.29, 1.82) is 0 Å². The van der Waals surface area contributed by atoms with Crippen LogP contribution in [-0.4, -0.2) is 12.7 Å². The average Bonchev–Trinajstić information content (AvgIpc) is 2.19. The first-order chi connectivity index (χ1) is 6.31. The van der Waals surface area contributed by atoms with Gasteiger partial charge in [-0.3, -0.25) is 0 Å². The zero-order chi connectivity index (χ0) is 9.68. The van der Waals surface area contributed by atoms with E-state index in [1.165, 1.54) is 32.1 Å². The smallest absolute Gasteiger partial charge is 0.0603 e. The molecule has 0 saturated carbocycles. The molecule has 2 unspecified atom stereocenters. The van der Waals surface area contributed by atoms with Gasteiger partial charge < -0.3 is 4.74 Å². The number of ether oxygens (including phenoxy) is 1. The molecule has 13 heavy (non-hydrogen) atoms. The van der Waals surface area contributed by atoms with Gasteiger partial charge in [-0.1, -0.05) is 40.0 Å². The molecule has 1 nitrogen and oxygen atoms in total.